The van der Waals surface area contributed by atoms with Gasteiger partial charge in [0.25, 0.3) is 0 Å². The zero-order chi connectivity index (χ0) is 69.8. The molecule has 17 nitrogen and oxygen atoms in total. The minimum absolute atomic E-state index is 0.107. The third-order valence-corrected chi connectivity index (χ3v) is 19.7. The van der Waals surface area contributed by atoms with Crippen molar-refractivity contribution in [3.05, 3.63) is 0 Å². The number of hydrogen-bond donors (Lipinski definition) is 3. The molecule has 2 unspecified atom stereocenters. The van der Waals surface area contributed by atoms with Crippen molar-refractivity contribution >= 4 is 39.5 Å². The minimum Gasteiger partial charge on any atom is -0.462 e. The average Bonchev–Trinajstić information content (AvgIpc) is 2.88. The topological polar surface area (TPSA) is 237 Å². The molecule has 564 valence electrons. The number of phosphoric ester groups is 2. The Morgan fingerprint density at radius 2 is 0.484 bits per heavy atom. The zero-order valence-electron chi connectivity index (χ0n) is 61.8. The van der Waals surface area contributed by atoms with E-state index in [-0.39, 0.29) is 25.7 Å². The first-order valence-electron chi connectivity index (χ1n) is 39.6. The van der Waals surface area contributed by atoms with Gasteiger partial charge in [0.2, 0.25) is 0 Å². The Hall–Kier alpha value is -1.94. The van der Waals surface area contributed by atoms with Crippen molar-refractivity contribution < 1.29 is 80.2 Å². The highest BCUT2D eigenvalue weighted by Crippen LogP contribution is 2.45. The standard InChI is InChI=1S/C76H148O17P2/c1-6-9-12-15-17-19-21-23-24-25-26-27-28-29-35-39-43-47-52-57-62-76(81)93-72(66-87-74(79)60-55-50-45-41-37-34-31-30-33-36-40-44-49-53-58-69(4)5)68-91-95(84,85)89-64-70(77)63-88-94(82,83)90-67-71(65-86-73(78)59-54-48-14-11-8-3)92-75(80)61-56-51-46-42-38-32-22-20-18-16-13-10-7-2/h69-72,77H,6-68H2,1-5H3,(H,82,83)(H,84,85)/t70-,71+,72+/m0/s1. The number of carbonyl (C=O) groups is 4. The first-order chi connectivity index (χ1) is 46.0. The van der Waals surface area contributed by atoms with Crippen molar-refractivity contribution in [2.75, 3.05) is 39.6 Å². The van der Waals surface area contributed by atoms with E-state index in [1.165, 1.54) is 218 Å². The van der Waals surface area contributed by atoms with Crippen molar-refractivity contribution in [2.45, 2.75) is 419 Å². The van der Waals surface area contributed by atoms with Gasteiger partial charge < -0.3 is 33.8 Å². The molecule has 0 aliphatic heterocycles. The molecule has 0 saturated heterocycles. The van der Waals surface area contributed by atoms with Gasteiger partial charge in [-0.15, -0.1) is 0 Å². The lowest BCUT2D eigenvalue weighted by Gasteiger charge is -2.21. The molecule has 0 bridgehead atoms. The molecule has 0 fully saturated rings. The number of carbonyl (C=O) groups excluding carboxylic acids is 4. The maximum atomic E-state index is 13.1. The molecule has 0 heterocycles. The van der Waals surface area contributed by atoms with Crippen molar-refractivity contribution in [2.24, 2.45) is 5.92 Å². The summed E-state index contributed by atoms with van der Waals surface area (Å²) in [4.78, 5) is 72.5. The molecule has 3 N–H and O–H groups in total. The van der Waals surface area contributed by atoms with Crippen molar-refractivity contribution in [3.8, 4) is 0 Å². The highest BCUT2D eigenvalue weighted by Gasteiger charge is 2.30. The fourth-order valence-electron chi connectivity index (χ4n) is 11.7. The van der Waals surface area contributed by atoms with E-state index in [2.05, 4.69) is 34.6 Å². The van der Waals surface area contributed by atoms with Gasteiger partial charge in [-0.05, 0) is 31.6 Å². The number of hydrogen-bond acceptors (Lipinski definition) is 15. The van der Waals surface area contributed by atoms with Gasteiger partial charge in [-0.3, -0.25) is 37.3 Å². The summed E-state index contributed by atoms with van der Waals surface area (Å²) in [6, 6.07) is 0. The molecule has 0 rings (SSSR count). The van der Waals surface area contributed by atoms with E-state index < -0.39 is 97.5 Å². The molecular weight excluding hydrogens is 1250 g/mol. The number of aliphatic hydroxyl groups is 1. The fourth-order valence-corrected chi connectivity index (χ4v) is 13.3. The van der Waals surface area contributed by atoms with Gasteiger partial charge in [-0.1, -0.05) is 349 Å². The maximum absolute atomic E-state index is 13.1. The van der Waals surface area contributed by atoms with Crippen LogP contribution in [0.2, 0.25) is 0 Å². The van der Waals surface area contributed by atoms with E-state index in [0.29, 0.717) is 25.7 Å². The Morgan fingerprint density at radius 1 is 0.284 bits per heavy atom. The smallest absolute Gasteiger partial charge is 0.462 e. The Bertz CT molecular complexity index is 1820. The molecule has 95 heavy (non-hydrogen) atoms. The summed E-state index contributed by atoms with van der Waals surface area (Å²) in [7, 11) is -9.90. The summed E-state index contributed by atoms with van der Waals surface area (Å²) < 4.78 is 68.3. The Morgan fingerprint density at radius 3 is 0.716 bits per heavy atom. The van der Waals surface area contributed by atoms with E-state index in [9.17, 15) is 43.2 Å². The summed E-state index contributed by atoms with van der Waals surface area (Å²) in [6.45, 7) is 7.23. The van der Waals surface area contributed by atoms with Crippen LogP contribution in [0.5, 0.6) is 0 Å². The van der Waals surface area contributed by atoms with Gasteiger partial charge in [-0.25, -0.2) is 9.13 Å². The van der Waals surface area contributed by atoms with Gasteiger partial charge in [0, 0.05) is 25.7 Å². The number of aliphatic hydroxyl groups excluding tert-OH is 1. The van der Waals surface area contributed by atoms with Crippen LogP contribution in [0.3, 0.4) is 0 Å². The van der Waals surface area contributed by atoms with E-state index in [4.69, 9.17) is 37.0 Å². The summed E-state index contributed by atoms with van der Waals surface area (Å²) in [5, 5.41) is 10.6. The van der Waals surface area contributed by atoms with E-state index >= 15 is 0 Å². The molecule has 0 aromatic heterocycles. The molecule has 0 aliphatic rings. The van der Waals surface area contributed by atoms with E-state index in [1.807, 2.05) is 0 Å². The first-order valence-corrected chi connectivity index (χ1v) is 42.6. The second kappa shape index (κ2) is 69.2. The molecule has 0 amide bonds. The molecule has 0 aliphatic carbocycles. The van der Waals surface area contributed by atoms with Crippen molar-refractivity contribution in [1.82, 2.24) is 0 Å². The molecule has 5 atom stereocenters. The summed E-state index contributed by atoms with van der Waals surface area (Å²) in [5.41, 5.74) is 0. The van der Waals surface area contributed by atoms with E-state index in [0.717, 1.165) is 102 Å². The van der Waals surface area contributed by atoms with Gasteiger partial charge in [0.05, 0.1) is 26.4 Å². The summed E-state index contributed by atoms with van der Waals surface area (Å²) in [6.07, 6.45) is 58.7. The number of unbranched alkanes of at least 4 members (excludes halogenated alkanes) is 48. The maximum Gasteiger partial charge on any atom is 0.472 e. The lowest BCUT2D eigenvalue weighted by Crippen LogP contribution is -2.30. The van der Waals surface area contributed by atoms with Gasteiger partial charge >= 0.3 is 39.5 Å². The molecule has 0 spiro atoms. The summed E-state index contributed by atoms with van der Waals surface area (Å²) >= 11 is 0. The number of rotatable bonds is 76. The third-order valence-electron chi connectivity index (χ3n) is 17.8. The summed E-state index contributed by atoms with van der Waals surface area (Å²) in [5.74, 6) is -1.33. The van der Waals surface area contributed by atoms with Crippen LogP contribution < -0.4 is 0 Å². The third kappa shape index (κ3) is 70.3. The molecule has 0 saturated carbocycles. The van der Waals surface area contributed by atoms with Crippen LogP contribution in [-0.4, -0.2) is 96.7 Å². The van der Waals surface area contributed by atoms with E-state index in [1.54, 1.807) is 0 Å². The predicted octanol–water partition coefficient (Wildman–Crippen LogP) is 22.5. The quantitative estimate of drug-likeness (QED) is 0.0222. The zero-order valence-corrected chi connectivity index (χ0v) is 63.6. The van der Waals surface area contributed by atoms with Crippen LogP contribution in [-0.2, 0) is 65.4 Å². The molecule has 0 radical (unpaired) electrons. The second-order valence-electron chi connectivity index (χ2n) is 27.9. The van der Waals surface area contributed by atoms with Crippen LogP contribution in [0.1, 0.15) is 401 Å². The molecular formula is C76H148O17P2. The van der Waals surface area contributed by atoms with Crippen LogP contribution in [0.4, 0.5) is 0 Å². The largest absolute Gasteiger partial charge is 0.472 e. The highest BCUT2D eigenvalue weighted by atomic mass is 31.2. The van der Waals surface area contributed by atoms with Crippen LogP contribution in [0.15, 0.2) is 0 Å². The molecule has 0 aromatic carbocycles. The number of ether oxygens (including phenoxy) is 4. The lowest BCUT2D eigenvalue weighted by atomic mass is 10.0. The normalized spacial score (nSPS) is 13.9. The Kier molecular flexibility index (Phi) is 67.7. The SMILES string of the molecule is CCCCCCCCCCCCCCCCCCCCCCC(=O)O[C@H](COC(=O)CCCCCCCCCCCCCCCCC(C)C)COP(=O)(O)OC[C@@H](O)COP(=O)(O)OC[C@@H](COC(=O)CCCCCCC)OC(=O)CCCCCCCCCCCCCCC. The van der Waals surface area contributed by atoms with Gasteiger partial charge in [0.15, 0.2) is 12.2 Å². The monoisotopic (exact) mass is 1400 g/mol. The van der Waals surface area contributed by atoms with Crippen molar-refractivity contribution in [1.29, 1.82) is 0 Å². The van der Waals surface area contributed by atoms with Crippen LogP contribution >= 0.6 is 15.6 Å². The second-order valence-corrected chi connectivity index (χ2v) is 30.8. The lowest BCUT2D eigenvalue weighted by molar-refractivity contribution is -0.161. The Balaban J connectivity index is 5.13. The molecule has 19 heteroatoms. The highest BCUT2D eigenvalue weighted by molar-refractivity contribution is 7.47. The average molecular weight is 1400 g/mol. The minimum atomic E-state index is -4.95. The van der Waals surface area contributed by atoms with Crippen molar-refractivity contribution in [3.63, 3.8) is 0 Å². The van der Waals surface area contributed by atoms with Crippen LogP contribution in [0.25, 0.3) is 0 Å². The fraction of sp³-hybridized carbons (Fsp3) is 0.947. The van der Waals surface area contributed by atoms with Crippen LogP contribution in [0, 0.1) is 5.92 Å². The number of esters is 4. The Labute approximate surface area is 581 Å². The first kappa shape index (κ1) is 93.1. The van der Waals surface area contributed by atoms with Gasteiger partial charge in [-0.2, -0.15) is 0 Å². The predicted molar refractivity (Wildman–Crippen MR) is 386 cm³/mol. The van der Waals surface area contributed by atoms with Gasteiger partial charge in [0.1, 0.15) is 19.3 Å². The number of phosphoric acid groups is 2. The molecule has 0 aromatic rings.